The predicted octanol–water partition coefficient (Wildman–Crippen LogP) is 2.07. The molecule has 1 saturated heterocycles. The fourth-order valence-corrected chi connectivity index (χ4v) is 2.31. The number of hydrogen-bond donors (Lipinski definition) is 1. The summed E-state index contributed by atoms with van der Waals surface area (Å²) in [6.45, 7) is 0.998. The number of carbonyl (C=O) groups excluding carboxylic acids is 1. The largest absolute Gasteiger partial charge is 0.340 e. The van der Waals surface area contributed by atoms with Gasteiger partial charge in [-0.25, -0.2) is 8.78 Å². The average Bonchev–Trinajstić information content (AvgIpc) is 2.42. The van der Waals surface area contributed by atoms with E-state index in [0.717, 1.165) is 31.9 Å². The summed E-state index contributed by atoms with van der Waals surface area (Å²) in [7, 11) is 1.64. The van der Waals surface area contributed by atoms with Gasteiger partial charge in [0, 0.05) is 25.2 Å². The molecule has 1 amide bonds. The van der Waals surface area contributed by atoms with E-state index in [-0.39, 0.29) is 18.5 Å². The van der Waals surface area contributed by atoms with E-state index in [4.69, 9.17) is 0 Å². The minimum absolute atomic E-state index is 0.0385. The van der Waals surface area contributed by atoms with Crippen molar-refractivity contribution in [3.63, 3.8) is 0 Å². The van der Waals surface area contributed by atoms with Crippen LogP contribution in [0.15, 0.2) is 18.2 Å². The molecular formula is C14H18F2N2O. The Balaban J connectivity index is 1.99. The van der Waals surface area contributed by atoms with Crippen molar-refractivity contribution in [2.45, 2.75) is 31.8 Å². The first-order valence-electron chi connectivity index (χ1n) is 6.50. The second-order valence-electron chi connectivity index (χ2n) is 4.93. The quantitative estimate of drug-likeness (QED) is 0.910. The molecule has 19 heavy (non-hydrogen) atoms. The monoisotopic (exact) mass is 268 g/mol. The Kier molecular flexibility index (Phi) is 4.47. The van der Waals surface area contributed by atoms with Crippen molar-refractivity contribution >= 4 is 5.91 Å². The van der Waals surface area contributed by atoms with Gasteiger partial charge in [0.2, 0.25) is 5.91 Å². The highest BCUT2D eigenvalue weighted by Crippen LogP contribution is 2.14. The fraction of sp³-hybridized carbons (Fsp3) is 0.500. The molecule has 3 nitrogen and oxygen atoms in total. The Morgan fingerprint density at radius 2 is 2.21 bits per heavy atom. The molecular weight excluding hydrogens is 250 g/mol. The molecule has 1 aliphatic rings. The van der Waals surface area contributed by atoms with Gasteiger partial charge in [-0.3, -0.25) is 4.79 Å². The smallest absolute Gasteiger partial charge is 0.239 e. The lowest BCUT2D eigenvalue weighted by molar-refractivity contribution is -0.133. The summed E-state index contributed by atoms with van der Waals surface area (Å²) in [6, 6.07) is 3.24. The standard InChI is InChI=1S/C14H18F2N2O/c1-18(14(19)13-4-2-3-7-17-13)9-10-5-6-11(15)8-12(10)16/h5-6,8,13,17H,2-4,7,9H2,1H3. The normalized spacial score (nSPS) is 19.2. The first kappa shape index (κ1) is 13.9. The van der Waals surface area contributed by atoms with Crippen LogP contribution in [-0.4, -0.2) is 30.4 Å². The summed E-state index contributed by atoms with van der Waals surface area (Å²) in [5.41, 5.74) is 0.327. The SMILES string of the molecule is CN(Cc1ccc(F)cc1F)C(=O)C1CCCCN1. The van der Waals surface area contributed by atoms with Gasteiger partial charge in [0.1, 0.15) is 11.6 Å². The molecule has 0 aromatic heterocycles. The van der Waals surface area contributed by atoms with Crippen LogP contribution < -0.4 is 5.32 Å². The molecule has 0 bridgehead atoms. The molecule has 1 heterocycles. The van der Waals surface area contributed by atoms with E-state index in [9.17, 15) is 13.6 Å². The Morgan fingerprint density at radius 3 is 2.84 bits per heavy atom. The summed E-state index contributed by atoms with van der Waals surface area (Å²) in [5, 5.41) is 3.16. The number of carbonyl (C=O) groups is 1. The zero-order chi connectivity index (χ0) is 13.8. The zero-order valence-corrected chi connectivity index (χ0v) is 11.0. The zero-order valence-electron chi connectivity index (χ0n) is 11.0. The van der Waals surface area contributed by atoms with E-state index < -0.39 is 11.6 Å². The van der Waals surface area contributed by atoms with Gasteiger partial charge < -0.3 is 10.2 Å². The van der Waals surface area contributed by atoms with Crippen molar-refractivity contribution in [3.8, 4) is 0 Å². The molecule has 1 aromatic rings. The molecule has 5 heteroatoms. The first-order chi connectivity index (χ1) is 9.08. The van der Waals surface area contributed by atoms with Gasteiger partial charge in [-0.05, 0) is 25.5 Å². The van der Waals surface area contributed by atoms with E-state index in [1.807, 2.05) is 0 Å². The summed E-state index contributed by atoms with van der Waals surface area (Å²) in [4.78, 5) is 13.6. The Morgan fingerprint density at radius 1 is 1.42 bits per heavy atom. The third-order valence-electron chi connectivity index (χ3n) is 3.41. The fourth-order valence-electron chi connectivity index (χ4n) is 2.31. The van der Waals surface area contributed by atoms with E-state index in [1.165, 1.54) is 17.0 Å². The lowest BCUT2D eigenvalue weighted by Gasteiger charge is -2.27. The Labute approximate surface area is 111 Å². The number of hydrogen-bond acceptors (Lipinski definition) is 2. The van der Waals surface area contributed by atoms with Crippen molar-refractivity contribution in [3.05, 3.63) is 35.4 Å². The van der Waals surface area contributed by atoms with Gasteiger partial charge in [0.15, 0.2) is 0 Å². The van der Waals surface area contributed by atoms with Gasteiger partial charge in [-0.1, -0.05) is 12.5 Å². The molecule has 0 spiro atoms. The van der Waals surface area contributed by atoms with Gasteiger partial charge in [-0.15, -0.1) is 0 Å². The number of likely N-dealkylation sites (N-methyl/N-ethyl adjacent to an activating group) is 1. The van der Waals surface area contributed by atoms with Gasteiger partial charge in [0.05, 0.1) is 6.04 Å². The number of nitrogens with zero attached hydrogens (tertiary/aromatic N) is 1. The minimum atomic E-state index is -0.615. The molecule has 1 unspecified atom stereocenters. The maximum Gasteiger partial charge on any atom is 0.239 e. The van der Waals surface area contributed by atoms with Crippen LogP contribution in [0.1, 0.15) is 24.8 Å². The van der Waals surface area contributed by atoms with E-state index in [1.54, 1.807) is 7.05 Å². The maximum atomic E-state index is 13.5. The third kappa shape index (κ3) is 3.50. The molecule has 1 atom stereocenters. The Hall–Kier alpha value is -1.49. The van der Waals surface area contributed by atoms with Crippen molar-refractivity contribution in [1.82, 2.24) is 10.2 Å². The van der Waals surface area contributed by atoms with Gasteiger partial charge >= 0.3 is 0 Å². The highest BCUT2D eigenvalue weighted by Gasteiger charge is 2.24. The highest BCUT2D eigenvalue weighted by molar-refractivity contribution is 5.81. The highest BCUT2D eigenvalue weighted by atomic mass is 19.1. The third-order valence-corrected chi connectivity index (χ3v) is 3.41. The summed E-state index contributed by atoms with van der Waals surface area (Å²) in [6.07, 6.45) is 2.93. The molecule has 1 fully saturated rings. The topological polar surface area (TPSA) is 32.3 Å². The van der Waals surface area contributed by atoms with E-state index in [0.29, 0.717) is 5.56 Å². The molecule has 1 N–H and O–H groups in total. The van der Waals surface area contributed by atoms with Crippen LogP contribution in [-0.2, 0) is 11.3 Å². The van der Waals surface area contributed by atoms with E-state index >= 15 is 0 Å². The van der Waals surface area contributed by atoms with Crippen LogP contribution in [0.5, 0.6) is 0 Å². The van der Waals surface area contributed by atoms with Crippen LogP contribution in [0.25, 0.3) is 0 Å². The number of benzene rings is 1. The molecule has 2 rings (SSSR count). The van der Waals surface area contributed by atoms with Crippen LogP contribution in [0.3, 0.4) is 0 Å². The molecule has 0 aliphatic carbocycles. The van der Waals surface area contributed by atoms with Crippen molar-refractivity contribution in [2.24, 2.45) is 0 Å². The number of nitrogens with one attached hydrogen (secondary N) is 1. The Bertz CT molecular complexity index is 459. The van der Waals surface area contributed by atoms with Gasteiger partial charge in [0.25, 0.3) is 0 Å². The molecule has 1 aromatic carbocycles. The average molecular weight is 268 g/mol. The van der Waals surface area contributed by atoms with Crippen molar-refractivity contribution in [2.75, 3.05) is 13.6 Å². The summed E-state index contributed by atoms with van der Waals surface area (Å²) >= 11 is 0. The lowest BCUT2D eigenvalue weighted by Crippen LogP contribution is -2.47. The number of halogens is 2. The summed E-state index contributed by atoms with van der Waals surface area (Å²) < 4.78 is 26.3. The molecule has 0 radical (unpaired) electrons. The summed E-state index contributed by atoms with van der Waals surface area (Å²) in [5.74, 6) is -1.26. The predicted molar refractivity (Wildman–Crippen MR) is 68.5 cm³/mol. The van der Waals surface area contributed by atoms with Gasteiger partial charge in [-0.2, -0.15) is 0 Å². The van der Waals surface area contributed by atoms with Crippen LogP contribution >= 0.6 is 0 Å². The second-order valence-corrected chi connectivity index (χ2v) is 4.93. The van der Waals surface area contributed by atoms with Crippen LogP contribution in [0.2, 0.25) is 0 Å². The van der Waals surface area contributed by atoms with Crippen molar-refractivity contribution < 1.29 is 13.6 Å². The number of amides is 1. The van der Waals surface area contributed by atoms with Crippen LogP contribution in [0.4, 0.5) is 8.78 Å². The first-order valence-corrected chi connectivity index (χ1v) is 6.50. The van der Waals surface area contributed by atoms with Crippen molar-refractivity contribution in [1.29, 1.82) is 0 Å². The minimum Gasteiger partial charge on any atom is -0.340 e. The number of rotatable bonds is 3. The van der Waals surface area contributed by atoms with E-state index in [2.05, 4.69) is 5.32 Å². The molecule has 0 saturated carbocycles. The second kappa shape index (κ2) is 6.10. The molecule has 104 valence electrons. The maximum absolute atomic E-state index is 13.5. The van der Waals surface area contributed by atoms with Crippen LogP contribution in [0, 0.1) is 11.6 Å². The molecule has 1 aliphatic heterocycles. The number of piperidine rings is 1. The lowest BCUT2D eigenvalue weighted by atomic mass is 10.0.